The average molecular weight is 208 g/mol. The van der Waals surface area contributed by atoms with E-state index in [0.717, 1.165) is 4.31 Å². The van der Waals surface area contributed by atoms with Gasteiger partial charge in [-0.1, -0.05) is 0 Å². The van der Waals surface area contributed by atoms with Gasteiger partial charge in [-0.2, -0.15) is 12.7 Å². The normalized spacial score (nSPS) is 24.5. The minimum Gasteiger partial charge on any atom is -0.352 e. The molecule has 1 saturated heterocycles. The molecule has 76 valence electrons. The zero-order valence-corrected chi connectivity index (χ0v) is 7.75. The van der Waals surface area contributed by atoms with Crippen molar-refractivity contribution in [2.45, 2.75) is 12.5 Å². The highest BCUT2D eigenvalue weighted by Crippen LogP contribution is 2.10. The van der Waals surface area contributed by atoms with Crippen molar-refractivity contribution in [3.63, 3.8) is 0 Å². The summed E-state index contributed by atoms with van der Waals surface area (Å²) in [6.45, 7) is 0.519. The summed E-state index contributed by atoms with van der Waals surface area (Å²) in [4.78, 5) is 10.4. The summed E-state index contributed by atoms with van der Waals surface area (Å²) >= 11 is 0. The molecule has 0 saturated carbocycles. The van der Waals surface area contributed by atoms with Crippen LogP contribution in [0.15, 0.2) is 0 Å². The standard InChI is InChI=1S/C5H12N4O3S/c6-5(10)8-4-1-2-9(3-4)13(7,11)12/h4H,1-3H2,(H3,6,8,10)(H2,7,11,12). The quantitative estimate of drug-likeness (QED) is 0.483. The summed E-state index contributed by atoms with van der Waals surface area (Å²) in [6, 6.07) is -0.878. The maximum absolute atomic E-state index is 10.8. The molecule has 1 heterocycles. The fraction of sp³-hybridized carbons (Fsp3) is 0.800. The van der Waals surface area contributed by atoms with Gasteiger partial charge in [0.2, 0.25) is 0 Å². The van der Waals surface area contributed by atoms with Crippen molar-refractivity contribution in [2.75, 3.05) is 13.1 Å². The average Bonchev–Trinajstić information content (AvgIpc) is 2.32. The molecule has 1 unspecified atom stereocenters. The molecule has 0 radical (unpaired) electrons. The molecule has 1 aliphatic rings. The largest absolute Gasteiger partial charge is 0.352 e. The van der Waals surface area contributed by atoms with Gasteiger partial charge in [0.25, 0.3) is 10.2 Å². The molecule has 2 amide bonds. The number of hydrogen-bond donors (Lipinski definition) is 3. The number of hydrogen-bond acceptors (Lipinski definition) is 3. The van der Waals surface area contributed by atoms with E-state index in [1.54, 1.807) is 0 Å². The van der Waals surface area contributed by atoms with Crippen LogP contribution in [-0.2, 0) is 10.2 Å². The van der Waals surface area contributed by atoms with Crippen LogP contribution in [0.4, 0.5) is 4.79 Å². The third-order valence-electron chi connectivity index (χ3n) is 1.86. The van der Waals surface area contributed by atoms with Crippen molar-refractivity contribution in [3.8, 4) is 0 Å². The van der Waals surface area contributed by atoms with E-state index < -0.39 is 16.2 Å². The highest BCUT2D eigenvalue weighted by Gasteiger charge is 2.29. The van der Waals surface area contributed by atoms with Crippen molar-refractivity contribution in [1.82, 2.24) is 9.62 Å². The van der Waals surface area contributed by atoms with Gasteiger partial charge in [-0.25, -0.2) is 9.93 Å². The van der Waals surface area contributed by atoms with E-state index in [1.165, 1.54) is 0 Å². The highest BCUT2D eigenvalue weighted by molar-refractivity contribution is 7.86. The summed E-state index contributed by atoms with van der Waals surface area (Å²) in [7, 11) is -3.63. The summed E-state index contributed by atoms with van der Waals surface area (Å²) in [5.74, 6) is 0. The summed E-state index contributed by atoms with van der Waals surface area (Å²) in [5, 5.41) is 7.31. The fourth-order valence-corrected chi connectivity index (χ4v) is 2.03. The van der Waals surface area contributed by atoms with Crippen molar-refractivity contribution in [2.24, 2.45) is 10.9 Å². The topological polar surface area (TPSA) is 119 Å². The Hall–Kier alpha value is -0.860. The van der Waals surface area contributed by atoms with E-state index in [9.17, 15) is 13.2 Å². The molecule has 0 bridgehead atoms. The number of nitrogens with two attached hydrogens (primary N) is 2. The number of carbonyl (C=O) groups excluding carboxylic acids is 1. The Kier molecular flexibility index (Phi) is 2.74. The summed E-state index contributed by atoms with van der Waals surface area (Å²) < 4.78 is 22.8. The van der Waals surface area contributed by atoms with Gasteiger partial charge < -0.3 is 11.1 Å². The molecule has 0 aromatic heterocycles. The maximum atomic E-state index is 10.8. The van der Waals surface area contributed by atoms with Crippen LogP contribution in [0.3, 0.4) is 0 Å². The van der Waals surface area contributed by atoms with Crippen LogP contribution in [0.1, 0.15) is 6.42 Å². The zero-order valence-electron chi connectivity index (χ0n) is 6.93. The number of nitrogens with zero attached hydrogens (tertiary/aromatic N) is 1. The molecule has 8 heteroatoms. The molecule has 1 fully saturated rings. The second kappa shape index (κ2) is 3.48. The lowest BCUT2D eigenvalue weighted by molar-refractivity contribution is 0.245. The molecule has 7 nitrogen and oxygen atoms in total. The first-order valence-corrected chi connectivity index (χ1v) is 5.24. The minimum atomic E-state index is -3.63. The zero-order chi connectivity index (χ0) is 10.1. The molecule has 0 spiro atoms. The first-order chi connectivity index (χ1) is 5.89. The molecule has 5 N–H and O–H groups in total. The Bertz CT molecular complexity index is 301. The van der Waals surface area contributed by atoms with Crippen molar-refractivity contribution in [1.29, 1.82) is 0 Å². The van der Waals surface area contributed by atoms with E-state index in [-0.39, 0.29) is 12.6 Å². The van der Waals surface area contributed by atoms with Crippen molar-refractivity contribution < 1.29 is 13.2 Å². The van der Waals surface area contributed by atoms with Gasteiger partial charge in [0, 0.05) is 19.1 Å². The third-order valence-corrected chi connectivity index (χ3v) is 2.91. The Morgan fingerprint density at radius 3 is 2.54 bits per heavy atom. The SMILES string of the molecule is NC(=O)NC1CCN(S(N)(=O)=O)C1. The smallest absolute Gasteiger partial charge is 0.312 e. The van der Waals surface area contributed by atoms with Gasteiger partial charge in [0.15, 0.2) is 0 Å². The molecule has 1 aliphatic heterocycles. The second-order valence-corrected chi connectivity index (χ2v) is 4.44. The van der Waals surface area contributed by atoms with Gasteiger partial charge in [0.05, 0.1) is 0 Å². The van der Waals surface area contributed by atoms with Gasteiger partial charge in [-0.05, 0) is 6.42 Å². The molecular formula is C5H12N4O3S. The summed E-state index contributed by atoms with van der Waals surface area (Å²) in [5.41, 5.74) is 4.88. The highest BCUT2D eigenvalue weighted by atomic mass is 32.2. The molecular weight excluding hydrogens is 196 g/mol. The Morgan fingerprint density at radius 2 is 2.15 bits per heavy atom. The number of primary amides is 1. The van der Waals surface area contributed by atoms with E-state index in [2.05, 4.69) is 5.32 Å². The van der Waals surface area contributed by atoms with Gasteiger partial charge >= 0.3 is 6.03 Å². The Morgan fingerprint density at radius 1 is 1.54 bits per heavy atom. The van der Waals surface area contributed by atoms with Gasteiger partial charge in [-0.3, -0.25) is 0 Å². The predicted octanol–water partition coefficient (Wildman–Crippen LogP) is -2.07. The van der Waals surface area contributed by atoms with Crippen molar-refractivity contribution in [3.05, 3.63) is 0 Å². The lowest BCUT2D eigenvalue weighted by Crippen LogP contribution is -2.42. The maximum Gasteiger partial charge on any atom is 0.312 e. The number of carbonyl (C=O) groups is 1. The molecule has 0 aliphatic carbocycles. The number of rotatable bonds is 2. The summed E-state index contributed by atoms with van der Waals surface area (Å²) in [6.07, 6.45) is 0.541. The Balaban J connectivity index is 2.50. The van der Waals surface area contributed by atoms with Crippen LogP contribution in [0.2, 0.25) is 0 Å². The van der Waals surface area contributed by atoms with Crippen LogP contribution < -0.4 is 16.2 Å². The molecule has 1 atom stereocenters. The van der Waals surface area contributed by atoms with Crippen LogP contribution >= 0.6 is 0 Å². The second-order valence-electron chi connectivity index (χ2n) is 2.90. The van der Waals surface area contributed by atoms with Crippen LogP contribution in [0, 0.1) is 0 Å². The monoisotopic (exact) mass is 208 g/mol. The van der Waals surface area contributed by atoms with E-state index >= 15 is 0 Å². The molecule has 13 heavy (non-hydrogen) atoms. The predicted molar refractivity (Wildman–Crippen MR) is 45.8 cm³/mol. The third kappa shape index (κ3) is 2.83. The van der Waals surface area contributed by atoms with Crippen LogP contribution in [-0.4, -0.2) is 37.9 Å². The first kappa shape index (κ1) is 10.2. The van der Waals surface area contributed by atoms with Gasteiger partial charge in [0.1, 0.15) is 0 Å². The first-order valence-electron chi connectivity index (χ1n) is 3.73. The van der Waals surface area contributed by atoms with E-state index in [4.69, 9.17) is 10.9 Å². The fourth-order valence-electron chi connectivity index (χ4n) is 1.28. The molecule has 0 aromatic carbocycles. The number of nitrogens with one attached hydrogen (secondary N) is 1. The van der Waals surface area contributed by atoms with E-state index in [1.807, 2.05) is 0 Å². The van der Waals surface area contributed by atoms with Crippen molar-refractivity contribution >= 4 is 16.2 Å². The van der Waals surface area contributed by atoms with Gasteiger partial charge in [-0.15, -0.1) is 0 Å². The number of urea groups is 1. The lowest BCUT2D eigenvalue weighted by atomic mass is 10.3. The lowest BCUT2D eigenvalue weighted by Gasteiger charge is -2.12. The molecule has 1 rings (SSSR count). The van der Waals surface area contributed by atoms with Crippen LogP contribution in [0.5, 0.6) is 0 Å². The van der Waals surface area contributed by atoms with E-state index in [0.29, 0.717) is 13.0 Å². The minimum absolute atomic E-state index is 0.196. The molecule has 0 aromatic rings. The number of amides is 2. The Labute approximate surface area is 76.2 Å². The van der Waals surface area contributed by atoms with Crippen LogP contribution in [0.25, 0.3) is 0 Å².